The molecular formula is C7H2F6INS. The van der Waals surface area contributed by atoms with Crippen LogP contribution >= 0.6 is 34.4 Å². The molecule has 0 radical (unpaired) electrons. The van der Waals surface area contributed by atoms with Gasteiger partial charge in [-0.3, -0.25) is 0 Å². The monoisotopic (exact) mass is 373 g/mol. The first-order valence-electron chi connectivity index (χ1n) is 3.58. The minimum atomic E-state index is -4.65. The van der Waals surface area contributed by atoms with Crippen molar-refractivity contribution in [1.82, 2.24) is 4.98 Å². The second kappa shape index (κ2) is 4.59. The van der Waals surface area contributed by atoms with Gasteiger partial charge < -0.3 is 0 Å². The summed E-state index contributed by atoms with van der Waals surface area (Å²) in [6.45, 7) is 0. The smallest absolute Gasteiger partial charge is 0.250 e. The van der Waals surface area contributed by atoms with Gasteiger partial charge in [0.1, 0.15) is 0 Å². The molecule has 1 heterocycles. The first-order valence-corrected chi connectivity index (χ1v) is 5.47. The van der Waals surface area contributed by atoms with Crippen molar-refractivity contribution in [3.63, 3.8) is 0 Å². The van der Waals surface area contributed by atoms with Crippen molar-refractivity contribution in [2.45, 2.75) is 16.6 Å². The number of hydrogen-bond donors (Lipinski definition) is 0. The van der Waals surface area contributed by atoms with E-state index >= 15 is 0 Å². The van der Waals surface area contributed by atoms with Crippen LogP contribution in [-0.4, -0.2) is 10.5 Å². The van der Waals surface area contributed by atoms with E-state index in [1.54, 1.807) is 0 Å². The predicted molar refractivity (Wildman–Crippen MR) is 53.9 cm³/mol. The van der Waals surface area contributed by atoms with Gasteiger partial charge in [0.25, 0.3) is 0 Å². The highest BCUT2D eigenvalue weighted by molar-refractivity contribution is 14.1. The summed E-state index contributed by atoms with van der Waals surface area (Å²) in [5.74, 6) is 0. The first-order chi connectivity index (χ1) is 7.09. The molecule has 0 amide bonds. The second-order valence-corrected chi connectivity index (χ2v) is 4.85. The Morgan fingerprint density at radius 2 is 1.69 bits per heavy atom. The maximum atomic E-state index is 12.2. The van der Waals surface area contributed by atoms with Gasteiger partial charge in [0.2, 0.25) is 0 Å². The lowest BCUT2D eigenvalue weighted by molar-refractivity contribution is -0.141. The van der Waals surface area contributed by atoms with Crippen LogP contribution in [0.4, 0.5) is 26.3 Å². The minimum Gasteiger partial charge on any atom is -0.250 e. The van der Waals surface area contributed by atoms with Gasteiger partial charge in [-0.2, -0.15) is 26.3 Å². The fraction of sp³-hybridized carbons (Fsp3) is 0.286. The zero-order valence-electron chi connectivity index (χ0n) is 7.16. The summed E-state index contributed by atoms with van der Waals surface area (Å²) in [5.41, 5.74) is -5.72. The molecule has 16 heavy (non-hydrogen) atoms. The molecule has 0 saturated carbocycles. The quantitative estimate of drug-likeness (QED) is 0.413. The molecule has 0 bridgehead atoms. The fourth-order valence-electron chi connectivity index (χ4n) is 0.818. The molecule has 0 aliphatic heterocycles. The van der Waals surface area contributed by atoms with Crippen LogP contribution in [0.1, 0.15) is 5.69 Å². The summed E-state index contributed by atoms with van der Waals surface area (Å²) in [6, 6.07) is 0.800. The predicted octanol–water partition coefficient (Wildman–Crippen LogP) is 4.32. The van der Waals surface area contributed by atoms with E-state index in [1.165, 1.54) is 22.6 Å². The molecule has 90 valence electrons. The van der Waals surface area contributed by atoms with Gasteiger partial charge in [-0.05, 0) is 40.4 Å². The molecule has 0 atom stereocenters. The van der Waals surface area contributed by atoms with Crippen LogP contribution in [0.2, 0.25) is 0 Å². The summed E-state index contributed by atoms with van der Waals surface area (Å²) in [6.07, 6.45) is -4.10. The highest BCUT2D eigenvalue weighted by atomic mass is 127. The number of hydrogen-bond acceptors (Lipinski definition) is 2. The van der Waals surface area contributed by atoms with Gasteiger partial charge >= 0.3 is 11.7 Å². The summed E-state index contributed by atoms with van der Waals surface area (Å²) in [7, 11) is 0. The molecule has 0 N–H and O–H groups in total. The van der Waals surface area contributed by atoms with Gasteiger partial charge in [-0.15, -0.1) is 0 Å². The SMILES string of the molecule is FC(F)(F)Sc1cnc(C(F)(F)F)c(I)c1. The fourth-order valence-corrected chi connectivity index (χ4v) is 2.36. The van der Waals surface area contributed by atoms with Crippen molar-refractivity contribution in [2.75, 3.05) is 0 Å². The van der Waals surface area contributed by atoms with Gasteiger partial charge in [0.05, 0.1) is 0 Å². The number of thioether (sulfide) groups is 1. The lowest BCUT2D eigenvalue weighted by Gasteiger charge is -2.10. The van der Waals surface area contributed by atoms with E-state index in [9.17, 15) is 26.3 Å². The average molecular weight is 373 g/mol. The molecule has 1 aromatic heterocycles. The zero-order valence-corrected chi connectivity index (χ0v) is 10.1. The van der Waals surface area contributed by atoms with Crippen LogP contribution in [0.25, 0.3) is 0 Å². The lowest BCUT2D eigenvalue weighted by atomic mass is 10.3. The molecule has 0 saturated heterocycles. The standard InChI is InChI=1S/C7H2F6INS/c8-6(9,10)5-4(14)1-3(2-15-5)16-7(11,12)13/h1-2H. The van der Waals surface area contributed by atoms with Crippen LogP contribution in [0.3, 0.4) is 0 Å². The van der Waals surface area contributed by atoms with E-state index in [-0.39, 0.29) is 8.47 Å². The second-order valence-electron chi connectivity index (χ2n) is 2.55. The van der Waals surface area contributed by atoms with Crippen molar-refractivity contribution >= 4 is 34.4 Å². The molecule has 0 fully saturated rings. The van der Waals surface area contributed by atoms with Gasteiger partial charge in [-0.1, -0.05) is 0 Å². The molecule has 9 heteroatoms. The Hall–Kier alpha value is -0.190. The van der Waals surface area contributed by atoms with Crippen molar-refractivity contribution in [3.8, 4) is 0 Å². The molecule has 1 nitrogen and oxygen atoms in total. The maximum absolute atomic E-state index is 12.2. The van der Waals surface area contributed by atoms with Crippen LogP contribution in [-0.2, 0) is 6.18 Å². The Labute approximate surface area is 104 Å². The van der Waals surface area contributed by atoms with Crippen molar-refractivity contribution < 1.29 is 26.3 Å². The maximum Gasteiger partial charge on any atom is 0.446 e. The van der Waals surface area contributed by atoms with Crippen molar-refractivity contribution in [3.05, 3.63) is 21.5 Å². The summed E-state index contributed by atoms with van der Waals surface area (Å²) < 4.78 is 72.1. The molecule has 1 aromatic rings. The van der Waals surface area contributed by atoms with E-state index < -0.39 is 29.1 Å². The Morgan fingerprint density at radius 3 is 2.06 bits per heavy atom. The Kier molecular flexibility index (Phi) is 3.98. The molecule has 0 unspecified atom stereocenters. The number of pyridine rings is 1. The van der Waals surface area contributed by atoms with E-state index in [0.717, 1.165) is 6.07 Å². The van der Waals surface area contributed by atoms with Crippen LogP contribution in [0, 0.1) is 3.57 Å². The third-order valence-electron chi connectivity index (χ3n) is 1.32. The summed E-state index contributed by atoms with van der Waals surface area (Å²) in [5, 5.41) is 0. The lowest BCUT2D eigenvalue weighted by Crippen LogP contribution is -2.10. The van der Waals surface area contributed by atoms with Gasteiger partial charge in [0, 0.05) is 14.7 Å². The third-order valence-corrected chi connectivity index (χ3v) is 2.83. The highest BCUT2D eigenvalue weighted by Gasteiger charge is 2.36. The minimum absolute atomic E-state index is 0.362. The highest BCUT2D eigenvalue weighted by Crippen LogP contribution is 2.39. The average Bonchev–Trinajstić information content (AvgIpc) is 1.97. The van der Waals surface area contributed by atoms with Crippen LogP contribution < -0.4 is 0 Å². The van der Waals surface area contributed by atoms with Crippen LogP contribution in [0.5, 0.6) is 0 Å². The molecular weight excluding hydrogens is 371 g/mol. The Balaban J connectivity index is 3.01. The number of nitrogens with zero attached hydrogens (tertiary/aromatic N) is 1. The van der Waals surface area contributed by atoms with Crippen molar-refractivity contribution in [1.29, 1.82) is 0 Å². The first kappa shape index (κ1) is 13.9. The Morgan fingerprint density at radius 1 is 1.12 bits per heavy atom. The normalized spacial score (nSPS) is 12.9. The number of aromatic nitrogens is 1. The third kappa shape index (κ3) is 4.00. The number of rotatable bonds is 1. The van der Waals surface area contributed by atoms with Crippen LogP contribution in [0.15, 0.2) is 17.2 Å². The van der Waals surface area contributed by atoms with E-state index in [4.69, 9.17) is 0 Å². The van der Waals surface area contributed by atoms with E-state index in [1.807, 2.05) is 0 Å². The molecule has 0 aromatic carbocycles. The largest absolute Gasteiger partial charge is 0.446 e. The van der Waals surface area contributed by atoms with Gasteiger partial charge in [-0.25, -0.2) is 4.98 Å². The van der Waals surface area contributed by atoms with Gasteiger partial charge in [0.15, 0.2) is 5.69 Å². The molecule has 1 rings (SSSR count). The molecule has 0 aliphatic carbocycles. The summed E-state index contributed by atoms with van der Waals surface area (Å²) in [4.78, 5) is 2.61. The number of halogens is 7. The van der Waals surface area contributed by atoms with Crippen molar-refractivity contribution in [2.24, 2.45) is 0 Å². The summed E-state index contributed by atoms with van der Waals surface area (Å²) >= 11 is 0.799. The van der Waals surface area contributed by atoms with E-state index in [0.29, 0.717) is 6.20 Å². The van der Waals surface area contributed by atoms with E-state index in [2.05, 4.69) is 4.98 Å². The molecule has 0 spiro atoms. The zero-order chi connectivity index (χ0) is 12.6. The molecule has 0 aliphatic rings. The number of alkyl halides is 6. The Bertz CT molecular complexity index is 387. The topological polar surface area (TPSA) is 12.9 Å².